The first-order chi connectivity index (χ1) is 9.76. The van der Waals surface area contributed by atoms with Crippen LogP contribution < -0.4 is 10.9 Å². The van der Waals surface area contributed by atoms with E-state index in [-0.39, 0.29) is 11.6 Å². The lowest BCUT2D eigenvalue weighted by Gasteiger charge is -2.26. The number of aryl methyl sites for hydroxylation is 1. The van der Waals surface area contributed by atoms with Gasteiger partial charge in [0.15, 0.2) is 0 Å². The van der Waals surface area contributed by atoms with Crippen LogP contribution in [-0.4, -0.2) is 4.98 Å². The van der Waals surface area contributed by atoms with Gasteiger partial charge in [0.05, 0.1) is 6.04 Å². The Morgan fingerprint density at radius 2 is 2.20 bits per heavy atom. The maximum atomic E-state index is 11.4. The summed E-state index contributed by atoms with van der Waals surface area (Å²) in [5.74, 6) is 2.64. The first-order valence-electron chi connectivity index (χ1n) is 6.81. The van der Waals surface area contributed by atoms with Crippen molar-refractivity contribution in [1.29, 1.82) is 0 Å². The fourth-order valence-electron chi connectivity index (χ4n) is 2.75. The zero-order chi connectivity index (χ0) is 13.9. The Balaban J connectivity index is 1.89. The predicted octanol–water partition coefficient (Wildman–Crippen LogP) is 2.85. The molecule has 0 saturated heterocycles. The molecule has 0 aliphatic heterocycles. The van der Waals surface area contributed by atoms with Crippen LogP contribution in [0.1, 0.15) is 35.7 Å². The van der Waals surface area contributed by atoms with E-state index in [9.17, 15) is 4.79 Å². The van der Waals surface area contributed by atoms with Crippen molar-refractivity contribution in [3.8, 4) is 12.3 Å². The van der Waals surface area contributed by atoms with Crippen LogP contribution in [0.3, 0.4) is 0 Å². The Morgan fingerprint density at radius 1 is 1.30 bits per heavy atom. The molecule has 0 fully saturated rings. The van der Waals surface area contributed by atoms with Crippen LogP contribution in [0.15, 0.2) is 41.2 Å². The first kappa shape index (κ1) is 12.6. The van der Waals surface area contributed by atoms with Crippen LogP contribution in [0.4, 0.5) is 5.69 Å². The fraction of sp³-hybridized carbons (Fsp3) is 0.235. The van der Waals surface area contributed by atoms with Gasteiger partial charge in [0, 0.05) is 23.0 Å². The molecule has 1 aromatic heterocycles. The van der Waals surface area contributed by atoms with Crippen LogP contribution in [0.25, 0.3) is 0 Å². The topological polar surface area (TPSA) is 44.9 Å². The number of H-pyrrole nitrogens is 1. The molecule has 2 N–H and O–H groups in total. The molecule has 0 amide bonds. The second-order valence-electron chi connectivity index (χ2n) is 5.07. The van der Waals surface area contributed by atoms with E-state index in [2.05, 4.69) is 16.2 Å². The molecule has 20 heavy (non-hydrogen) atoms. The van der Waals surface area contributed by atoms with E-state index < -0.39 is 0 Å². The van der Waals surface area contributed by atoms with Gasteiger partial charge in [0.25, 0.3) is 0 Å². The van der Waals surface area contributed by atoms with Gasteiger partial charge < -0.3 is 10.3 Å². The highest BCUT2D eigenvalue weighted by Crippen LogP contribution is 2.30. The van der Waals surface area contributed by atoms with Gasteiger partial charge in [0.2, 0.25) is 5.56 Å². The van der Waals surface area contributed by atoms with E-state index in [1.54, 1.807) is 6.07 Å². The largest absolute Gasteiger partial charge is 0.378 e. The van der Waals surface area contributed by atoms with E-state index >= 15 is 0 Å². The summed E-state index contributed by atoms with van der Waals surface area (Å²) in [6, 6.07) is 11.6. The Bertz CT molecular complexity index is 724. The van der Waals surface area contributed by atoms with Gasteiger partial charge in [0.1, 0.15) is 0 Å². The molecule has 1 heterocycles. The van der Waals surface area contributed by atoms with Gasteiger partial charge >= 0.3 is 0 Å². The van der Waals surface area contributed by atoms with Crippen molar-refractivity contribution in [3.63, 3.8) is 0 Å². The van der Waals surface area contributed by atoms with Crippen molar-refractivity contribution in [2.75, 3.05) is 5.32 Å². The lowest BCUT2D eigenvalue weighted by atomic mass is 9.91. The molecular weight excluding hydrogens is 248 g/mol. The predicted molar refractivity (Wildman–Crippen MR) is 80.7 cm³/mol. The monoisotopic (exact) mass is 264 g/mol. The molecule has 3 heteroatoms. The summed E-state index contributed by atoms with van der Waals surface area (Å²) in [6.07, 6.45) is 8.49. The summed E-state index contributed by atoms with van der Waals surface area (Å²) >= 11 is 0. The zero-order valence-electron chi connectivity index (χ0n) is 11.1. The van der Waals surface area contributed by atoms with Crippen molar-refractivity contribution in [1.82, 2.24) is 4.98 Å². The van der Waals surface area contributed by atoms with Gasteiger partial charge in [-0.2, -0.15) is 0 Å². The van der Waals surface area contributed by atoms with Gasteiger partial charge in [-0.3, -0.25) is 4.79 Å². The molecule has 1 atom stereocenters. The maximum absolute atomic E-state index is 11.4. The number of hydrogen-bond donors (Lipinski definition) is 2. The number of benzene rings is 1. The molecule has 100 valence electrons. The van der Waals surface area contributed by atoms with Gasteiger partial charge in [-0.25, -0.2) is 0 Å². The van der Waals surface area contributed by atoms with Crippen LogP contribution in [0, 0.1) is 12.3 Å². The van der Waals surface area contributed by atoms with Crippen LogP contribution >= 0.6 is 0 Å². The Labute approximate surface area is 118 Å². The van der Waals surface area contributed by atoms with E-state index in [0.717, 1.165) is 36.2 Å². The highest BCUT2D eigenvalue weighted by molar-refractivity contribution is 5.51. The molecule has 1 unspecified atom stereocenters. The van der Waals surface area contributed by atoms with Crippen molar-refractivity contribution >= 4 is 5.69 Å². The maximum Gasteiger partial charge on any atom is 0.248 e. The molecule has 0 radical (unpaired) electrons. The normalized spacial score (nSPS) is 17.1. The Morgan fingerprint density at radius 3 is 3.05 bits per heavy atom. The van der Waals surface area contributed by atoms with Crippen molar-refractivity contribution < 1.29 is 0 Å². The second-order valence-corrected chi connectivity index (χ2v) is 5.07. The van der Waals surface area contributed by atoms with E-state index in [1.807, 2.05) is 30.3 Å². The van der Waals surface area contributed by atoms with Crippen LogP contribution in [0.5, 0.6) is 0 Å². The standard InChI is InChI=1S/C17H16N2O/c1-2-12-5-3-6-13(11-12)18-15-7-4-8-16-14(15)9-10-17(20)19-16/h1,3,5-6,9-11,15,18H,4,7-8H2,(H,19,20). The van der Waals surface area contributed by atoms with E-state index in [0.29, 0.717) is 0 Å². The lowest BCUT2D eigenvalue weighted by Crippen LogP contribution is -2.21. The summed E-state index contributed by atoms with van der Waals surface area (Å²) in [6.45, 7) is 0. The number of fused-ring (bicyclic) bond motifs is 1. The van der Waals surface area contributed by atoms with E-state index in [1.165, 1.54) is 5.56 Å². The second kappa shape index (κ2) is 5.26. The third kappa shape index (κ3) is 2.46. The highest BCUT2D eigenvalue weighted by Gasteiger charge is 2.20. The number of rotatable bonds is 2. The summed E-state index contributed by atoms with van der Waals surface area (Å²) in [5, 5.41) is 3.51. The summed E-state index contributed by atoms with van der Waals surface area (Å²) < 4.78 is 0. The SMILES string of the molecule is C#Cc1cccc(NC2CCCc3[nH]c(=O)ccc32)c1. The van der Waals surface area contributed by atoms with Gasteiger partial charge in [-0.05, 0) is 49.1 Å². The number of terminal acetylenes is 1. The minimum Gasteiger partial charge on any atom is -0.378 e. The minimum absolute atomic E-state index is 0.0290. The fourth-order valence-corrected chi connectivity index (χ4v) is 2.75. The van der Waals surface area contributed by atoms with Crippen molar-refractivity contribution in [2.24, 2.45) is 0 Å². The molecule has 2 aromatic rings. The first-order valence-corrected chi connectivity index (χ1v) is 6.81. The molecule has 3 nitrogen and oxygen atoms in total. The van der Waals surface area contributed by atoms with Gasteiger partial charge in [-0.15, -0.1) is 6.42 Å². The number of aromatic amines is 1. The highest BCUT2D eigenvalue weighted by atomic mass is 16.1. The molecule has 0 saturated carbocycles. The summed E-state index contributed by atoms with van der Waals surface area (Å²) in [5.41, 5.74) is 4.09. The quantitative estimate of drug-likeness (QED) is 0.819. The van der Waals surface area contributed by atoms with Crippen molar-refractivity contribution in [2.45, 2.75) is 25.3 Å². The molecule has 1 aliphatic carbocycles. The number of nitrogens with one attached hydrogen (secondary N) is 2. The third-order valence-corrected chi connectivity index (χ3v) is 3.70. The Hall–Kier alpha value is -2.47. The van der Waals surface area contributed by atoms with Crippen LogP contribution in [-0.2, 0) is 6.42 Å². The lowest BCUT2D eigenvalue weighted by molar-refractivity contribution is 0.587. The minimum atomic E-state index is -0.0290. The molecule has 3 rings (SSSR count). The number of aromatic nitrogens is 1. The summed E-state index contributed by atoms with van der Waals surface area (Å²) in [7, 11) is 0. The molecular formula is C17H16N2O. The third-order valence-electron chi connectivity index (χ3n) is 3.70. The zero-order valence-corrected chi connectivity index (χ0v) is 11.1. The Kier molecular flexibility index (Phi) is 3.30. The smallest absolute Gasteiger partial charge is 0.248 e. The number of pyridine rings is 1. The molecule has 0 bridgehead atoms. The average Bonchev–Trinajstić information content (AvgIpc) is 2.47. The molecule has 0 spiro atoms. The van der Waals surface area contributed by atoms with Crippen molar-refractivity contribution in [3.05, 3.63) is 63.6 Å². The van der Waals surface area contributed by atoms with Crippen LogP contribution in [0.2, 0.25) is 0 Å². The molecule has 1 aliphatic rings. The number of anilines is 1. The molecule has 1 aromatic carbocycles. The summed E-state index contributed by atoms with van der Waals surface area (Å²) in [4.78, 5) is 14.3. The average molecular weight is 264 g/mol. The van der Waals surface area contributed by atoms with Gasteiger partial charge in [-0.1, -0.05) is 12.0 Å². The number of hydrogen-bond acceptors (Lipinski definition) is 2. The van der Waals surface area contributed by atoms with E-state index in [4.69, 9.17) is 6.42 Å².